The number of allylic oxidation sites excluding steroid dienone is 1. The van der Waals surface area contributed by atoms with Crippen molar-refractivity contribution in [2.75, 3.05) is 0 Å². The number of nitrogens with one attached hydrogen (secondary N) is 1. The first-order valence-corrected chi connectivity index (χ1v) is 7.39. The van der Waals surface area contributed by atoms with Crippen LogP contribution in [0.4, 0.5) is 0 Å². The molecule has 1 amide bonds. The van der Waals surface area contributed by atoms with Crippen molar-refractivity contribution >= 4 is 34.6 Å². The largest absolute Gasteiger partial charge is 0.346 e. The molecule has 2 rings (SSSR count). The predicted octanol–water partition coefficient (Wildman–Crippen LogP) is 3.42. The second kappa shape index (κ2) is 5.80. The molecule has 0 aliphatic carbocycles. The maximum absolute atomic E-state index is 11.9. The van der Waals surface area contributed by atoms with E-state index in [0.717, 1.165) is 14.7 Å². The highest BCUT2D eigenvalue weighted by atomic mass is 127. The van der Waals surface area contributed by atoms with Gasteiger partial charge >= 0.3 is 0 Å². The van der Waals surface area contributed by atoms with Gasteiger partial charge < -0.3 is 5.32 Å². The summed E-state index contributed by atoms with van der Waals surface area (Å²) < 4.78 is 1.14. The van der Waals surface area contributed by atoms with Crippen LogP contribution < -0.4 is 5.32 Å². The van der Waals surface area contributed by atoms with Gasteiger partial charge in [-0.25, -0.2) is 0 Å². The molecule has 1 aliphatic heterocycles. The summed E-state index contributed by atoms with van der Waals surface area (Å²) >= 11 is 2.27. The molecule has 0 atom stereocenters. The van der Waals surface area contributed by atoms with E-state index in [1.54, 1.807) is 0 Å². The van der Waals surface area contributed by atoms with Crippen molar-refractivity contribution in [2.24, 2.45) is 0 Å². The standard InChI is InChI=1S/C16H15IN2O/c1-16(2)9-12(13(10-18)15(20)19-16)8-7-11-5-3-4-6-14(11)17/h3-8H,9H2,1-2H3,(H,19,20)/b8-7+. The van der Waals surface area contributed by atoms with Gasteiger partial charge in [-0.15, -0.1) is 0 Å². The Balaban J connectivity index is 2.38. The van der Waals surface area contributed by atoms with E-state index < -0.39 is 0 Å². The third-order valence-electron chi connectivity index (χ3n) is 3.11. The minimum absolute atomic E-state index is 0.214. The van der Waals surface area contributed by atoms with Gasteiger partial charge in [-0.05, 0) is 60.1 Å². The van der Waals surface area contributed by atoms with Crippen LogP contribution in [-0.4, -0.2) is 11.4 Å². The molecule has 1 aliphatic rings. The van der Waals surface area contributed by atoms with Crippen molar-refractivity contribution in [3.8, 4) is 6.07 Å². The van der Waals surface area contributed by atoms with Crippen LogP contribution in [-0.2, 0) is 4.79 Å². The first-order valence-electron chi connectivity index (χ1n) is 6.31. The number of hydrogen-bond acceptors (Lipinski definition) is 2. The summed E-state index contributed by atoms with van der Waals surface area (Å²) in [7, 11) is 0. The van der Waals surface area contributed by atoms with E-state index in [-0.39, 0.29) is 17.0 Å². The fourth-order valence-corrected chi connectivity index (χ4v) is 2.76. The van der Waals surface area contributed by atoms with Gasteiger partial charge in [-0.3, -0.25) is 4.79 Å². The van der Waals surface area contributed by atoms with Crippen LogP contribution in [0.2, 0.25) is 0 Å². The molecule has 0 unspecified atom stereocenters. The first-order chi connectivity index (χ1) is 9.43. The molecule has 0 saturated carbocycles. The lowest BCUT2D eigenvalue weighted by molar-refractivity contribution is -0.119. The van der Waals surface area contributed by atoms with Crippen LogP contribution >= 0.6 is 22.6 Å². The fraction of sp³-hybridized carbons (Fsp3) is 0.250. The van der Waals surface area contributed by atoms with Gasteiger partial charge in [0.05, 0.1) is 0 Å². The van der Waals surface area contributed by atoms with Crippen LogP contribution in [0.3, 0.4) is 0 Å². The number of rotatable bonds is 2. The number of nitrogens with zero attached hydrogens (tertiary/aromatic N) is 1. The molecular weight excluding hydrogens is 363 g/mol. The van der Waals surface area contributed by atoms with Crippen LogP contribution in [0, 0.1) is 14.9 Å². The maximum atomic E-state index is 11.9. The molecule has 0 saturated heterocycles. The third kappa shape index (κ3) is 3.28. The topological polar surface area (TPSA) is 52.9 Å². The summed E-state index contributed by atoms with van der Waals surface area (Å²) in [6, 6.07) is 10.00. The van der Waals surface area contributed by atoms with Gasteiger partial charge in [0, 0.05) is 9.11 Å². The van der Waals surface area contributed by atoms with E-state index in [2.05, 4.69) is 27.9 Å². The first kappa shape index (κ1) is 14.8. The highest BCUT2D eigenvalue weighted by Crippen LogP contribution is 2.26. The minimum Gasteiger partial charge on any atom is -0.346 e. The number of nitriles is 1. The van der Waals surface area contributed by atoms with Gasteiger partial charge in [0.15, 0.2) is 0 Å². The molecule has 0 spiro atoms. The highest BCUT2D eigenvalue weighted by Gasteiger charge is 2.30. The zero-order valence-electron chi connectivity index (χ0n) is 11.4. The summed E-state index contributed by atoms with van der Waals surface area (Å²) in [6.07, 6.45) is 4.50. The Labute approximate surface area is 132 Å². The summed E-state index contributed by atoms with van der Waals surface area (Å²) in [5, 5.41) is 12.0. The molecule has 1 heterocycles. The van der Waals surface area contributed by atoms with Crippen LogP contribution in [0.5, 0.6) is 0 Å². The van der Waals surface area contributed by atoms with E-state index in [0.29, 0.717) is 6.42 Å². The Kier molecular flexibility index (Phi) is 4.29. The van der Waals surface area contributed by atoms with Crippen molar-refractivity contribution in [1.29, 1.82) is 5.26 Å². The number of carbonyl (C=O) groups is 1. The maximum Gasteiger partial charge on any atom is 0.262 e. The van der Waals surface area contributed by atoms with Gasteiger partial charge in [-0.2, -0.15) is 5.26 Å². The number of carbonyl (C=O) groups excluding carboxylic acids is 1. The molecular formula is C16H15IN2O. The molecule has 3 nitrogen and oxygen atoms in total. The van der Waals surface area contributed by atoms with E-state index in [9.17, 15) is 4.79 Å². The minimum atomic E-state index is -0.319. The average molecular weight is 378 g/mol. The predicted molar refractivity (Wildman–Crippen MR) is 87.7 cm³/mol. The SMILES string of the molecule is CC1(C)CC(/C=C/c2ccccc2I)=C(C#N)C(=O)N1. The molecule has 0 fully saturated rings. The van der Waals surface area contributed by atoms with Crippen molar-refractivity contribution in [1.82, 2.24) is 5.32 Å². The Morgan fingerprint density at radius 1 is 1.35 bits per heavy atom. The lowest BCUT2D eigenvalue weighted by Crippen LogP contribution is -2.47. The van der Waals surface area contributed by atoms with Crippen molar-refractivity contribution in [3.63, 3.8) is 0 Å². The van der Waals surface area contributed by atoms with E-state index in [1.807, 2.05) is 56.3 Å². The number of hydrogen-bond donors (Lipinski definition) is 1. The lowest BCUT2D eigenvalue weighted by Gasteiger charge is -2.31. The third-order valence-corrected chi connectivity index (χ3v) is 4.10. The van der Waals surface area contributed by atoms with E-state index in [4.69, 9.17) is 5.26 Å². The number of benzene rings is 1. The van der Waals surface area contributed by atoms with Crippen LogP contribution in [0.15, 0.2) is 41.5 Å². The van der Waals surface area contributed by atoms with E-state index >= 15 is 0 Å². The summed E-state index contributed by atoms with van der Waals surface area (Å²) in [4.78, 5) is 11.9. The Morgan fingerprint density at radius 2 is 2.05 bits per heavy atom. The molecule has 0 aromatic heterocycles. The molecule has 20 heavy (non-hydrogen) atoms. The molecule has 4 heteroatoms. The summed E-state index contributed by atoms with van der Waals surface area (Å²) in [5.41, 5.74) is 1.77. The molecule has 1 N–H and O–H groups in total. The van der Waals surface area contributed by atoms with Gasteiger partial charge in [0.25, 0.3) is 5.91 Å². The second-order valence-electron chi connectivity index (χ2n) is 5.38. The Morgan fingerprint density at radius 3 is 2.70 bits per heavy atom. The molecule has 1 aromatic rings. The lowest BCUT2D eigenvalue weighted by atomic mass is 9.87. The van der Waals surface area contributed by atoms with Crippen molar-refractivity contribution in [2.45, 2.75) is 25.8 Å². The molecule has 1 aromatic carbocycles. The summed E-state index contributed by atoms with van der Waals surface area (Å²) in [5.74, 6) is -0.286. The molecule has 102 valence electrons. The highest BCUT2D eigenvalue weighted by molar-refractivity contribution is 14.1. The van der Waals surface area contributed by atoms with Crippen LogP contribution in [0.25, 0.3) is 6.08 Å². The van der Waals surface area contributed by atoms with Gasteiger partial charge in [0.1, 0.15) is 11.6 Å². The quantitative estimate of drug-likeness (QED) is 0.802. The van der Waals surface area contributed by atoms with Crippen LogP contribution in [0.1, 0.15) is 25.8 Å². The number of halogens is 1. The van der Waals surface area contributed by atoms with Gasteiger partial charge in [-0.1, -0.05) is 30.4 Å². The summed E-state index contributed by atoms with van der Waals surface area (Å²) in [6.45, 7) is 3.92. The number of amides is 1. The Bertz CT molecular complexity index is 651. The monoisotopic (exact) mass is 378 g/mol. The smallest absolute Gasteiger partial charge is 0.262 e. The van der Waals surface area contributed by atoms with Crippen molar-refractivity contribution < 1.29 is 4.79 Å². The second-order valence-corrected chi connectivity index (χ2v) is 6.54. The average Bonchev–Trinajstić information content (AvgIpc) is 2.36. The Hall–Kier alpha value is -1.61. The zero-order valence-corrected chi connectivity index (χ0v) is 13.6. The van der Waals surface area contributed by atoms with Gasteiger partial charge in [0.2, 0.25) is 0 Å². The normalized spacial score (nSPS) is 18.0. The van der Waals surface area contributed by atoms with Crippen molar-refractivity contribution in [3.05, 3.63) is 50.6 Å². The molecule has 0 bridgehead atoms. The molecule has 0 radical (unpaired) electrons. The zero-order chi connectivity index (χ0) is 14.8. The fourth-order valence-electron chi connectivity index (χ4n) is 2.19. The van der Waals surface area contributed by atoms with E-state index in [1.165, 1.54) is 0 Å².